The van der Waals surface area contributed by atoms with Gasteiger partial charge in [-0.2, -0.15) is 5.10 Å². The van der Waals surface area contributed by atoms with Crippen molar-refractivity contribution in [3.05, 3.63) is 66.0 Å². The molecule has 8 heteroatoms. The summed E-state index contributed by atoms with van der Waals surface area (Å²) in [5.74, 6) is 0.716. The number of rotatable bonds is 6. The second-order valence-corrected chi connectivity index (χ2v) is 6.28. The fourth-order valence-corrected chi connectivity index (χ4v) is 3.03. The fourth-order valence-electron chi connectivity index (χ4n) is 2.24. The summed E-state index contributed by atoms with van der Waals surface area (Å²) in [7, 11) is 0. The summed E-state index contributed by atoms with van der Waals surface area (Å²) < 4.78 is 1.89. The molecule has 3 rings (SSSR count). The summed E-state index contributed by atoms with van der Waals surface area (Å²) in [5.41, 5.74) is 3.90. The highest BCUT2D eigenvalue weighted by Gasteiger charge is 2.12. The van der Waals surface area contributed by atoms with Crippen molar-refractivity contribution in [2.24, 2.45) is 5.10 Å². The number of amides is 1. The number of phenols is 1. The van der Waals surface area contributed by atoms with Crippen molar-refractivity contribution in [3.63, 3.8) is 0 Å². The SMILES string of the molecule is Cc1nnc(SCC(=O)N/N=C\c2ccccc2O)n1-c1ccccc1. The van der Waals surface area contributed by atoms with E-state index in [4.69, 9.17) is 0 Å². The molecule has 0 aliphatic rings. The van der Waals surface area contributed by atoms with Gasteiger partial charge < -0.3 is 5.11 Å². The molecule has 3 aromatic rings. The minimum Gasteiger partial charge on any atom is -0.507 e. The molecule has 0 aliphatic heterocycles. The van der Waals surface area contributed by atoms with Crippen molar-refractivity contribution in [3.8, 4) is 11.4 Å². The number of nitrogens with one attached hydrogen (secondary N) is 1. The van der Waals surface area contributed by atoms with E-state index in [2.05, 4.69) is 20.7 Å². The lowest BCUT2D eigenvalue weighted by Gasteiger charge is -2.07. The Hall–Kier alpha value is -3.13. The summed E-state index contributed by atoms with van der Waals surface area (Å²) in [6.45, 7) is 1.86. The summed E-state index contributed by atoms with van der Waals surface area (Å²) in [5, 5.41) is 22.3. The van der Waals surface area contributed by atoms with Crippen molar-refractivity contribution >= 4 is 23.9 Å². The molecule has 0 saturated heterocycles. The van der Waals surface area contributed by atoms with Crippen molar-refractivity contribution in [1.82, 2.24) is 20.2 Å². The van der Waals surface area contributed by atoms with Gasteiger partial charge in [0.2, 0.25) is 0 Å². The van der Waals surface area contributed by atoms with Crippen LogP contribution in [0.1, 0.15) is 11.4 Å². The molecule has 0 saturated carbocycles. The predicted molar refractivity (Wildman–Crippen MR) is 101 cm³/mol. The van der Waals surface area contributed by atoms with Gasteiger partial charge in [0.1, 0.15) is 11.6 Å². The average Bonchev–Trinajstić information content (AvgIpc) is 3.03. The molecule has 26 heavy (non-hydrogen) atoms. The number of phenolic OH excluding ortho intramolecular Hbond substituents is 1. The third-order valence-corrected chi connectivity index (χ3v) is 4.40. The number of aryl methyl sites for hydroxylation is 1. The molecule has 1 amide bonds. The quantitative estimate of drug-likeness (QED) is 0.397. The first-order valence-electron chi connectivity index (χ1n) is 7.85. The summed E-state index contributed by atoms with van der Waals surface area (Å²) in [4.78, 5) is 12.0. The van der Waals surface area contributed by atoms with Crippen LogP contribution in [-0.2, 0) is 4.79 Å². The van der Waals surface area contributed by atoms with E-state index in [-0.39, 0.29) is 17.4 Å². The number of carbonyl (C=O) groups is 1. The van der Waals surface area contributed by atoms with Crippen LogP contribution in [0.15, 0.2) is 64.9 Å². The first-order chi connectivity index (χ1) is 12.6. The number of aromatic nitrogens is 3. The van der Waals surface area contributed by atoms with Crippen molar-refractivity contribution in [2.75, 3.05) is 5.75 Å². The van der Waals surface area contributed by atoms with Crippen LogP contribution >= 0.6 is 11.8 Å². The summed E-state index contributed by atoms with van der Waals surface area (Å²) in [6, 6.07) is 16.5. The minimum atomic E-state index is -0.276. The highest BCUT2D eigenvalue weighted by molar-refractivity contribution is 7.99. The van der Waals surface area contributed by atoms with Gasteiger partial charge in [0.15, 0.2) is 5.16 Å². The largest absolute Gasteiger partial charge is 0.507 e. The molecule has 2 N–H and O–H groups in total. The van der Waals surface area contributed by atoms with Gasteiger partial charge in [-0.3, -0.25) is 9.36 Å². The Kier molecular flexibility index (Phi) is 5.65. The van der Waals surface area contributed by atoms with Gasteiger partial charge in [-0.05, 0) is 31.2 Å². The number of aromatic hydroxyl groups is 1. The first kappa shape index (κ1) is 17.7. The molecule has 0 unspecified atom stereocenters. The zero-order chi connectivity index (χ0) is 18.4. The monoisotopic (exact) mass is 367 g/mol. The maximum atomic E-state index is 12.0. The van der Waals surface area contributed by atoms with E-state index >= 15 is 0 Å². The number of nitrogens with zero attached hydrogens (tertiary/aromatic N) is 4. The number of para-hydroxylation sites is 2. The maximum Gasteiger partial charge on any atom is 0.250 e. The smallest absolute Gasteiger partial charge is 0.250 e. The van der Waals surface area contributed by atoms with Gasteiger partial charge >= 0.3 is 0 Å². The van der Waals surface area contributed by atoms with Gasteiger partial charge in [-0.25, -0.2) is 5.43 Å². The Morgan fingerprint density at radius 3 is 2.69 bits per heavy atom. The van der Waals surface area contributed by atoms with Gasteiger partial charge in [0, 0.05) is 11.3 Å². The Balaban J connectivity index is 1.60. The number of carbonyl (C=O) groups excluding carboxylic acids is 1. The van der Waals surface area contributed by atoms with Gasteiger partial charge in [0.25, 0.3) is 5.91 Å². The lowest BCUT2D eigenvalue weighted by Crippen LogP contribution is -2.20. The van der Waals surface area contributed by atoms with Crippen molar-refractivity contribution < 1.29 is 9.90 Å². The van der Waals surface area contributed by atoms with E-state index in [0.717, 1.165) is 11.5 Å². The molecule has 0 fully saturated rings. The van der Waals surface area contributed by atoms with Crippen LogP contribution in [0.2, 0.25) is 0 Å². The third kappa shape index (κ3) is 4.28. The Morgan fingerprint density at radius 2 is 1.92 bits per heavy atom. The zero-order valence-electron chi connectivity index (χ0n) is 14.0. The third-order valence-electron chi connectivity index (χ3n) is 3.47. The van der Waals surface area contributed by atoms with Crippen molar-refractivity contribution in [1.29, 1.82) is 0 Å². The van der Waals surface area contributed by atoms with E-state index in [1.54, 1.807) is 24.3 Å². The number of hydrogen-bond donors (Lipinski definition) is 2. The lowest BCUT2D eigenvalue weighted by molar-refractivity contribution is -0.118. The topological polar surface area (TPSA) is 92.4 Å². The molecule has 132 valence electrons. The van der Waals surface area contributed by atoms with E-state index in [0.29, 0.717) is 10.7 Å². The molecule has 1 aromatic heterocycles. The molecule has 2 aromatic carbocycles. The van der Waals surface area contributed by atoms with E-state index < -0.39 is 0 Å². The number of benzene rings is 2. The summed E-state index contributed by atoms with van der Waals surface area (Å²) in [6.07, 6.45) is 1.40. The molecule has 0 spiro atoms. The van der Waals surface area contributed by atoms with Crippen LogP contribution in [0.4, 0.5) is 0 Å². The van der Waals surface area contributed by atoms with Crippen LogP contribution in [0.5, 0.6) is 5.75 Å². The molecule has 0 atom stereocenters. The highest BCUT2D eigenvalue weighted by atomic mass is 32.2. The second-order valence-electron chi connectivity index (χ2n) is 5.34. The van der Waals surface area contributed by atoms with E-state index in [9.17, 15) is 9.90 Å². The minimum absolute atomic E-state index is 0.103. The van der Waals surface area contributed by atoms with Crippen molar-refractivity contribution in [2.45, 2.75) is 12.1 Å². The van der Waals surface area contributed by atoms with Crippen LogP contribution in [0.25, 0.3) is 5.69 Å². The number of hydrogen-bond acceptors (Lipinski definition) is 6. The Morgan fingerprint density at radius 1 is 1.19 bits per heavy atom. The predicted octanol–water partition coefficient (Wildman–Crippen LogP) is 2.52. The molecule has 0 bridgehead atoms. The first-order valence-corrected chi connectivity index (χ1v) is 8.84. The highest BCUT2D eigenvalue weighted by Crippen LogP contribution is 2.21. The van der Waals surface area contributed by atoms with Crippen LogP contribution in [0, 0.1) is 6.92 Å². The van der Waals surface area contributed by atoms with E-state index in [1.807, 2.05) is 41.8 Å². The molecular formula is C18H17N5O2S. The van der Waals surface area contributed by atoms with Crippen LogP contribution in [0.3, 0.4) is 0 Å². The average molecular weight is 367 g/mol. The van der Waals surface area contributed by atoms with Crippen LogP contribution in [-0.4, -0.2) is 37.7 Å². The second kappa shape index (κ2) is 8.30. The molecule has 0 radical (unpaired) electrons. The molecular weight excluding hydrogens is 350 g/mol. The number of thioether (sulfide) groups is 1. The zero-order valence-corrected chi connectivity index (χ0v) is 14.8. The van der Waals surface area contributed by atoms with Gasteiger partial charge in [0.05, 0.1) is 12.0 Å². The lowest BCUT2D eigenvalue weighted by atomic mass is 10.2. The van der Waals surface area contributed by atoms with E-state index in [1.165, 1.54) is 18.0 Å². The van der Waals surface area contributed by atoms with Crippen LogP contribution < -0.4 is 5.43 Å². The number of hydrazone groups is 1. The van der Waals surface area contributed by atoms with Gasteiger partial charge in [-0.15, -0.1) is 10.2 Å². The Bertz CT molecular complexity index is 924. The molecule has 7 nitrogen and oxygen atoms in total. The standard InChI is InChI=1S/C18H17N5O2S/c1-13-20-22-18(23(13)15-8-3-2-4-9-15)26-12-17(25)21-19-11-14-7-5-6-10-16(14)24/h2-11,24H,12H2,1H3,(H,21,25)/b19-11-. The molecule has 1 heterocycles. The normalized spacial score (nSPS) is 11.0. The fraction of sp³-hybridized carbons (Fsp3) is 0.111. The van der Waals surface area contributed by atoms with Gasteiger partial charge in [-0.1, -0.05) is 42.1 Å². The maximum absolute atomic E-state index is 12.0. The summed E-state index contributed by atoms with van der Waals surface area (Å²) >= 11 is 1.27. The molecule has 0 aliphatic carbocycles. The Labute approximate surface area is 154 Å².